The van der Waals surface area contributed by atoms with Crippen LogP contribution in [0, 0.1) is 0 Å². The van der Waals surface area contributed by atoms with E-state index >= 15 is 0 Å². The molecule has 0 aliphatic rings. The van der Waals surface area contributed by atoms with Gasteiger partial charge in [-0.05, 0) is 26.0 Å². The van der Waals surface area contributed by atoms with Crippen LogP contribution in [0.2, 0.25) is 5.15 Å². The molecule has 0 bridgehead atoms. The SMILES string of the molecule is CCOC(=O)C(C(=O)OCC)c1cc(C(F)(F)F)cc(Cl)n1. The molecule has 0 spiro atoms. The summed E-state index contributed by atoms with van der Waals surface area (Å²) in [6, 6.07) is 1.17. The van der Waals surface area contributed by atoms with Crippen LogP contribution in [0.5, 0.6) is 0 Å². The summed E-state index contributed by atoms with van der Waals surface area (Å²) in [7, 11) is 0. The van der Waals surface area contributed by atoms with E-state index in [1.165, 1.54) is 13.8 Å². The highest BCUT2D eigenvalue weighted by atomic mass is 35.5. The van der Waals surface area contributed by atoms with E-state index in [4.69, 9.17) is 11.6 Å². The van der Waals surface area contributed by atoms with Crippen molar-refractivity contribution in [1.82, 2.24) is 4.98 Å². The van der Waals surface area contributed by atoms with Gasteiger partial charge in [0, 0.05) is 0 Å². The minimum Gasteiger partial charge on any atom is -0.465 e. The highest BCUT2D eigenvalue weighted by molar-refractivity contribution is 6.29. The molecular weight excluding hydrogens is 327 g/mol. The maximum atomic E-state index is 12.8. The fourth-order valence-electron chi connectivity index (χ4n) is 1.62. The number of ether oxygens (including phenoxy) is 2. The predicted octanol–water partition coefficient (Wildman–Crippen LogP) is 2.96. The third-order valence-corrected chi connectivity index (χ3v) is 2.68. The van der Waals surface area contributed by atoms with Crippen LogP contribution < -0.4 is 0 Å². The molecule has 0 atom stereocenters. The van der Waals surface area contributed by atoms with Gasteiger partial charge in [-0.2, -0.15) is 13.2 Å². The molecule has 1 heterocycles. The second-order valence-corrected chi connectivity index (χ2v) is 4.43. The molecule has 0 fully saturated rings. The molecule has 0 saturated heterocycles. The third kappa shape index (κ3) is 4.59. The Hall–Kier alpha value is -1.83. The summed E-state index contributed by atoms with van der Waals surface area (Å²) in [6.07, 6.45) is -4.70. The van der Waals surface area contributed by atoms with Gasteiger partial charge >= 0.3 is 18.1 Å². The predicted molar refractivity (Wildman–Crippen MR) is 70.3 cm³/mol. The molecule has 1 aromatic heterocycles. The lowest BCUT2D eigenvalue weighted by molar-refractivity contribution is -0.157. The van der Waals surface area contributed by atoms with Gasteiger partial charge in [-0.25, -0.2) is 4.98 Å². The number of hydrogen-bond acceptors (Lipinski definition) is 5. The van der Waals surface area contributed by atoms with Crippen molar-refractivity contribution < 1.29 is 32.2 Å². The van der Waals surface area contributed by atoms with Gasteiger partial charge in [0.2, 0.25) is 0 Å². The first-order valence-electron chi connectivity index (χ1n) is 6.28. The van der Waals surface area contributed by atoms with Crippen molar-refractivity contribution in [2.75, 3.05) is 13.2 Å². The Balaban J connectivity index is 3.32. The highest BCUT2D eigenvalue weighted by Crippen LogP contribution is 2.32. The normalized spacial score (nSPS) is 11.4. The lowest BCUT2D eigenvalue weighted by atomic mass is 10.0. The van der Waals surface area contributed by atoms with E-state index in [0.717, 1.165) is 0 Å². The zero-order valence-corrected chi connectivity index (χ0v) is 12.5. The first-order valence-corrected chi connectivity index (χ1v) is 6.66. The topological polar surface area (TPSA) is 65.5 Å². The molecule has 122 valence electrons. The van der Waals surface area contributed by atoms with Crippen LogP contribution in [-0.4, -0.2) is 30.1 Å². The average Bonchev–Trinajstić information content (AvgIpc) is 2.37. The molecule has 0 saturated carbocycles. The summed E-state index contributed by atoms with van der Waals surface area (Å²) < 4.78 is 47.7. The Kier molecular flexibility index (Phi) is 6.16. The van der Waals surface area contributed by atoms with Crippen molar-refractivity contribution in [3.8, 4) is 0 Å². The Morgan fingerprint density at radius 1 is 1.18 bits per heavy atom. The van der Waals surface area contributed by atoms with Crippen LogP contribution >= 0.6 is 11.6 Å². The number of pyridine rings is 1. The number of aromatic nitrogens is 1. The Labute approximate surface area is 129 Å². The number of alkyl halides is 3. The number of rotatable bonds is 5. The van der Waals surface area contributed by atoms with E-state index in [1.807, 2.05) is 0 Å². The zero-order valence-electron chi connectivity index (χ0n) is 11.7. The summed E-state index contributed by atoms with van der Waals surface area (Å²) in [6.45, 7) is 2.88. The van der Waals surface area contributed by atoms with Crippen molar-refractivity contribution in [3.05, 3.63) is 28.5 Å². The molecule has 0 aliphatic carbocycles. The Bertz CT molecular complexity index is 545. The van der Waals surface area contributed by atoms with Gasteiger partial charge in [-0.15, -0.1) is 0 Å². The standard InChI is InChI=1S/C13H13ClF3NO4/c1-3-21-11(19)10(12(20)22-4-2)8-5-7(13(15,16)17)6-9(14)18-8/h5-6,10H,3-4H2,1-2H3. The Morgan fingerprint density at radius 3 is 2.09 bits per heavy atom. The van der Waals surface area contributed by atoms with Crippen LogP contribution in [-0.2, 0) is 25.2 Å². The number of hydrogen-bond donors (Lipinski definition) is 0. The molecule has 0 unspecified atom stereocenters. The van der Waals surface area contributed by atoms with E-state index in [-0.39, 0.29) is 13.2 Å². The fourth-order valence-corrected chi connectivity index (χ4v) is 1.83. The van der Waals surface area contributed by atoms with Gasteiger partial charge in [0.15, 0.2) is 5.92 Å². The molecule has 22 heavy (non-hydrogen) atoms. The van der Waals surface area contributed by atoms with Crippen molar-refractivity contribution in [3.63, 3.8) is 0 Å². The van der Waals surface area contributed by atoms with Crippen LogP contribution in [0.15, 0.2) is 12.1 Å². The van der Waals surface area contributed by atoms with Crippen molar-refractivity contribution in [1.29, 1.82) is 0 Å². The molecule has 0 aliphatic heterocycles. The fraction of sp³-hybridized carbons (Fsp3) is 0.462. The Morgan fingerprint density at radius 2 is 1.68 bits per heavy atom. The number of carbonyl (C=O) groups is 2. The van der Waals surface area contributed by atoms with E-state index in [1.54, 1.807) is 0 Å². The van der Waals surface area contributed by atoms with Crippen molar-refractivity contribution in [2.45, 2.75) is 25.9 Å². The van der Waals surface area contributed by atoms with Gasteiger partial charge in [0.1, 0.15) is 5.15 Å². The summed E-state index contributed by atoms with van der Waals surface area (Å²) in [5.41, 5.74) is -1.60. The number of nitrogens with zero attached hydrogens (tertiary/aromatic N) is 1. The quantitative estimate of drug-likeness (QED) is 0.469. The third-order valence-electron chi connectivity index (χ3n) is 2.48. The van der Waals surface area contributed by atoms with E-state index in [9.17, 15) is 22.8 Å². The molecular formula is C13H13ClF3NO4. The van der Waals surface area contributed by atoms with Crippen molar-refractivity contribution >= 4 is 23.5 Å². The maximum absolute atomic E-state index is 12.8. The van der Waals surface area contributed by atoms with Crippen LogP contribution in [0.4, 0.5) is 13.2 Å². The molecule has 1 aromatic rings. The minimum absolute atomic E-state index is 0.0541. The lowest BCUT2D eigenvalue weighted by Crippen LogP contribution is -2.27. The molecule has 5 nitrogen and oxygen atoms in total. The monoisotopic (exact) mass is 339 g/mol. The first-order chi connectivity index (χ1) is 10.2. The summed E-state index contributed by atoms with van der Waals surface area (Å²) in [5, 5.41) is -0.497. The smallest absolute Gasteiger partial charge is 0.416 e. The van der Waals surface area contributed by atoms with Gasteiger partial charge in [-0.1, -0.05) is 11.6 Å². The molecule has 0 radical (unpaired) electrons. The summed E-state index contributed by atoms with van der Waals surface area (Å²) in [5.74, 6) is -3.83. The van der Waals surface area contributed by atoms with E-state index < -0.39 is 40.4 Å². The van der Waals surface area contributed by atoms with Crippen molar-refractivity contribution in [2.24, 2.45) is 0 Å². The second kappa shape index (κ2) is 7.44. The largest absolute Gasteiger partial charge is 0.465 e. The van der Waals surface area contributed by atoms with Crippen LogP contribution in [0.1, 0.15) is 31.0 Å². The number of esters is 2. The average molecular weight is 340 g/mol. The molecule has 0 amide bonds. The van der Waals surface area contributed by atoms with Crippen LogP contribution in [0.25, 0.3) is 0 Å². The molecule has 0 aromatic carbocycles. The zero-order chi connectivity index (χ0) is 16.9. The molecule has 1 rings (SSSR count). The minimum atomic E-state index is -4.70. The van der Waals surface area contributed by atoms with Crippen LogP contribution in [0.3, 0.4) is 0 Å². The van der Waals surface area contributed by atoms with E-state index in [0.29, 0.717) is 12.1 Å². The van der Waals surface area contributed by atoms with E-state index in [2.05, 4.69) is 14.5 Å². The number of halogens is 4. The maximum Gasteiger partial charge on any atom is 0.416 e. The summed E-state index contributed by atoms with van der Waals surface area (Å²) >= 11 is 5.55. The van der Waals surface area contributed by atoms with Gasteiger partial charge < -0.3 is 9.47 Å². The lowest BCUT2D eigenvalue weighted by Gasteiger charge is -2.16. The van der Waals surface area contributed by atoms with Gasteiger partial charge in [-0.3, -0.25) is 9.59 Å². The molecule has 9 heteroatoms. The first kappa shape index (κ1) is 18.2. The molecule has 0 N–H and O–H groups in total. The number of carbonyl (C=O) groups excluding carboxylic acids is 2. The second-order valence-electron chi connectivity index (χ2n) is 4.04. The van der Waals surface area contributed by atoms with Gasteiger partial charge in [0.25, 0.3) is 0 Å². The van der Waals surface area contributed by atoms with Gasteiger partial charge in [0.05, 0.1) is 24.5 Å². The summed E-state index contributed by atoms with van der Waals surface area (Å²) in [4.78, 5) is 27.3. The highest BCUT2D eigenvalue weighted by Gasteiger charge is 2.37.